The second-order valence-electron chi connectivity index (χ2n) is 4.77. The molecular weight excluding hydrogens is 248 g/mol. The highest BCUT2D eigenvalue weighted by molar-refractivity contribution is 7.89. The van der Waals surface area contributed by atoms with Gasteiger partial charge in [-0.2, -0.15) is 4.31 Å². The summed E-state index contributed by atoms with van der Waals surface area (Å²) < 4.78 is 26.9. The van der Waals surface area contributed by atoms with E-state index in [1.807, 2.05) is 13.0 Å². The Balaban J connectivity index is 2.41. The summed E-state index contributed by atoms with van der Waals surface area (Å²) in [5.41, 5.74) is 6.32. The molecule has 0 saturated carbocycles. The summed E-state index contributed by atoms with van der Waals surface area (Å²) in [6.07, 6.45) is 2.98. The molecule has 5 heteroatoms. The SMILES string of the molecule is C[C@@H]1CCCCN1S(=O)(=O)c1ccccc1CN. The molecule has 0 bridgehead atoms. The Labute approximate surface area is 109 Å². The molecule has 1 aromatic carbocycles. The lowest BCUT2D eigenvalue weighted by Crippen LogP contribution is -2.42. The predicted octanol–water partition coefficient (Wildman–Crippen LogP) is 1.71. The van der Waals surface area contributed by atoms with Crippen LogP contribution in [-0.4, -0.2) is 25.3 Å². The van der Waals surface area contributed by atoms with Crippen LogP contribution in [0, 0.1) is 0 Å². The van der Waals surface area contributed by atoms with E-state index in [2.05, 4.69) is 0 Å². The van der Waals surface area contributed by atoms with Gasteiger partial charge in [-0.3, -0.25) is 0 Å². The van der Waals surface area contributed by atoms with Crippen molar-refractivity contribution in [2.75, 3.05) is 6.54 Å². The summed E-state index contributed by atoms with van der Waals surface area (Å²) in [4.78, 5) is 0.362. The maximum atomic E-state index is 12.6. The molecule has 1 aromatic rings. The van der Waals surface area contributed by atoms with E-state index < -0.39 is 10.0 Å². The number of rotatable bonds is 3. The number of hydrogen-bond donors (Lipinski definition) is 1. The Morgan fingerprint density at radius 3 is 2.72 bits per heavy atom. The molecule has 100 valence electrons. The van der Waals surface area contributed by atoms with Crippen LogP contribution < -0.4 is 5.73 Å². The molecule has 1 heterocycles. The zero-order chi connectivity index (χ0) is 13.2. The van der Waals surface area contributed by atoms with E-state index in [0.29, 0.717) is 17.0 Å². The highest BCUT2D eigenvalue weighted by Gasteiger charge is 2.31. The van der Waals surface area contributed by atoms with E-state index in [4.69, 9.17) is 5.73 Å². The zero-order valence-electron chi connectivity index (χ0n) is 10.7. The minimum absolute atomic E-state index is 0.0783. The molecule has 2 N–H and O–H groups in total. The van der Waals surface area contributed by atoms with Crippen molar-refractivity contribution in [2.45, 2.75) is 43.7 Å². The molecule has 0 unspecified atom stereocenters. The quantitative estimate of drug-likeness (QED) is 0.907. The average molecular weight is 268 g/mol. The average Bonchev–Trinajstić information content (AvgIpc) is 2.39. The van der Waals surface area contributed by atoms with Gasteiger partial charge < -0.3 is 5.73 Å². The van der Waals surface area contributed by atoms with Crippen LogP contribution >= 0.6 is 0 Å². The number of piperidine rings is 1. The third kappa shape index (κ3) is 2.43. The second kappa shape index (κ2) is 5.38. The number of nitrogens with two attached hydrogens (primary N) is 1. The van der Waals surface area contributed by atoms with Gasteiger partial charge in [0.2, 0.25) is 10.0 Å². The van der Waals surface area contributed by atoms with Crippen LogP contribution in [0.2, 0.25) is 0 Å². The maximum Gasteiger partial charge on any atom is 0.243 e. The van der Waals surface area contributed by atoms with E-state index in [1.165, 1.54) is 0 Å². The fourth-order valence-electron chi connectivity index (χ4n) is 2.48. The number of hydrogen-bond acceptors (Lipinski definition) is 3. The van der Waals surface area contributed by atoms with Gasteiger partial charge in [-0.1, -0.05) is 24.6 Å². The topological polar surface area (TPSA) is 63.4 Å². The van der Waals surface area contributed by atoms with Crippen LogP contribution in [-0.2, 0) is 16.6 Å². The van der Waals surface area contributed by atoms with Gasteiger partial charge >= 0.3 is 0 Å². The van der Waals surface area contributed by atoms with E-state index in [9.17, 15) is 8.42 Å². The fraction of sp³-hybridized carbons (Fsp3) is 0.538. The minimum atomic E-state index is -3.40. The molecule has 0 aromatic heterocycles. The normalized spacial score (nSPS) is 22.0. The Morgan fingerprint density at radius 2 is 2.06 bits per heavy atom. The molecule has 18 heavy (non-hydrogen) atoms. The van der Waals surface area contributed by atoms with Gasteiger partial charge in [0, 0.05) is 19.1 Å². The third-order valence-electron chi connectivity index (χ3n) is 3.52. The number of nitrogens with zero attached hydrogens (tertiary/aromatic N) is 1. The summed E-state index contributed by atoms with van der Waals surface area (Å²) in [7, 11) is -3.40. The first-order chi connectivity index (χ1) is 8.57. The molecule has 0 spiro atoms. The Morgan fingerprint density at radius 1 is 1.33 bits per heavy atom. The molecule has 0 aliphatic carbocycles. The van der Waals surface area contributed by atoms with Crippen molar-refractivity contribution in [1.82, 2.24) is 4.31 Å². The van der Waals surface area contributed by atoms with Gasteiger partial charge in [0.15, 0.2) is 0 Å². The Bertz CT molecular complexity index is 513. The fourth-order valence-corrected chi connectivity index (χ4v) is 4.41. The van der Waals surface area contributed by atoms with Gasteiger partial charge in [-0.25, -0.2) is 8.42 Å². The number of benzene rings is 1. The molecule has 1 fully saturated rings. The first-order valence-corrected chi connectivity index (χ1v) is 7.81. The monoisotopic (exact) mass is 268 g/mol. The van der Waals surface area contributed by atoms with E-state index in [0.717, 1.165) is 19.3 Å². The summed E-state index contributed by atoms with van der Waals surface area (Å²) in [6.45, 7) is 2.84. The lowest BCUT2D eigenvalue weighted by atomic mass is 10.1. The van der Waals surface area contributed by atoms with Crippen molar-refractivity contribution >= 4 is 10.0 Å². The maximum absolute atomic E-state index is 12.6. The summed E-state index contributed by atoms with van der Waals surface area (Å²) in [5, 5.41) is 0. The molecule has 1 aliphatic heterocycles. The molecule has 1 atom stereocenters. The lowest BCUT2D eigenvalue weighted by Gasteiger charge is -2.32. The molecular formula is C13H20N2O2S. The molecule has 0 radical (unpaired) electrons. The molecule has 4 nitrogen and oxygen atoms in total. The molecule has 1 saturated heterocycles. The first-order valence-electron chi connectivity index (χ1n) is 6.37. The van der Waals surface area contributed by atoms with E-state index in [1.54, 1.807) is 22.5 Å². The van der Waals surface area contributed by atoms with Crippen molar-refractivity contribution in [3.63, 3.8) is 0 Å². The highest BCUT2D eigenvalue weighted by Crippen LogP contribution is 2.26. The lowest BCUT2D eigenvalue weighted by molar-refractivity contribution is 0.268. The predicted molar refractivity (Wildman–Crippen MR) is 71.5 cm³/mol. The Hall–Kier alpha value is -0.910. The molecule has 2 rings (SSSR count). The summed E-state index contributed by atoms with van der Waals surface area (Å²) in [5.74, 6) is 0. The van der Waals surface area contributed by atoms with Crippen LogP contribution in [0.3, 0.4) is 0 Å². The van der Waals surface area contributed by atoms with Crippen LogP contribution in [0.25, 0.3) is 0 Å². The largest absolute Gasteiger partial charge is 0.326 e. The highest BCUT2D eigenvalue weighted by atomic mass is 32.2. The van der Waals surface area contributed by atoms with Gasteiger partial charge in [0.1, 0.15) is 0 Å². The molecule has 1 aliphatic rings. The van der Waals surface area contributed by atoms with Gasteiger partial charge in [-0.05, 0) is 31.4 Å². The van der Waals surface area contributed by atoms with Gasteiger partial charge in [-0.15, -0.1) is 0 Å². The van der Waals surface area contributed by atoms with Crippen molar-refractivity contribution in [1.29, 1.82) is 0 Å². The second-order valence-corrected chi connectivity index (χ2v) is 6.63. The first kappa shape index (κ1) is 13.5. The van der Waals surface area contributed by atoms with Crippen molar-refractivity contribution in [2.24, 2.45) is 5.73 Å². The van der Waals surface area contributed by atoms with Crippen molar-refractivity contribution in [3.05, 3.63) is 29.8 Å². The van der Waals surface area contributed by atoms with Crippen LogP contribution in [0.1, 0.15) is 31.7 Å². The number of sulfonamides is 1. The molecule has 0 amide bonds. The standard InChI is InChI=1S/C13H20N2O2S/c1-11-6-4-5-9-15(11)18(16,17)13-8-3-2-7-12(13)10-14/h2-3,7-8,11H,4-6,9-10,14H2,1H3/t11-/m1/s1. The van der Waals surface area contributed by atoms with Gasteiger partial charge in [0.05, 0.1) is 4.90 Å². The Kier molecular flexibility index (Phi) is 4.04. The van der Waals surface area contributed by atoms with Gasteiger partial charge in [0.25, 0.3) is 0 Å². The van der Waals surface area contributed by atoms with E-state index >= 15 is 0 Å². The van der Waals surface area contributed by atoms with Crippen molar-refractivity contribution < 1.29 is 8.42 Å². The van der Waals surface area contributed by atoms with E-state index in [-0.39, 0.29) is 12.6 Å². The third-order valence-corrected chi connectivity index (χ3v) is 5.64. The summed E-state index contributed by atoms with van der Waals surface area (Å²) >= 11 is 0. The minimum Gasteiger partial charge on any atom is -0.326 e. The smallest absolute Gasteiger partial charge is 0.243 e. The van der Waals surface area contributed by atoms with Crippen LogP contribution in [0.5, 0.6) is 0 Å². The zero-order valence-corrected chi connectivity index (χ0v) is 11.5. The van der Waals surface area contributed by atoms with Crippen LogP contribution in [0.15, 0.2) is 29.2 Å². The van der Waals surface area contributed by atoms with Crippen LogP contribution in [0.4, 0.5) is 0 Å². The van der Waals surface area contributed by atoms with Crippen molar-refractivity contribution in [3.8, 4) is 0 Å². The summed E-state index contributed by atoms with van der Waals surface area (Å²) in [6, 6.07) is 7.08.